The Hall–Kier alpha value is -5.60. The summed E-state index contributed by atoms with van der Waals surface area (Å²) >= 11 is 0.278. The molecule has 2 nitrogen and oxygen atoms in total. The number of nitrogens with zero attached hydrogens (tertiary/aromatic N) is 2. The number of rotatable bonds is 4. The van der Waals surface area contributed by atoms with E-state index in [1.807, 2.05) is 0 Å². The van der Waals surface area contributed by atoms with Crippen molar-refractivity contribution in [2.45, 2.75) is 0 Å². The van der Waals surface area contributed by atoms with Gasteiger partial charge in [-0.2, -0.15) is 0 Å². The second-order valence-corrected chi connectivity index (χ2v) is 14.4. The first-order valence-corrected chi connectivity index (χ1v) is 17.7. The van der Waals surface area contributed by atoms with Gasteiger partial charge in [0.1, 0.15) is 0 Å². The van der Waals surface area contributed by atoms with E-state index in [1.165, 1.54) is 68.3 Å². The second-order valence-electron chi connectivity index (χ2n) is 12.2. The van der Waals surface area contributed by atoms with Crippen LogP contribution < -0.4 is 4.90 Å². The van der Waals surface area contributed by atoms with Gasteiger partial charge in [0.2, 0.25) is 0 Å². The third-order valence-corrected chi connectivity index (χ3v) is 12.1. The van der Waals surface area contributed by atoms with E-state index in [-0.39, 0.29) is 14.5 Å². The van der Waals surface area contributed by atoms with Crippen LogP contribution in [-0.2, 0) is 0 Å². The van der Waals surface area contributed by atoms with Gasteiger partial charge >= 0.3 is 249 Å². The van der Waals surface area contributed by atoms with E-state index in [0.717, 1.165) is 17.1 Å². The molecule has 0 saturated heterocycles. The predicted octanol–water partition coefficient (Wildman–Crippen LogP) is 11.9. The molecule has 0 amide bonds. The van der Waals surface area contributed by atoms with E-state index >= 15 is 0 Å². The molecule has 2 aromatic heterocycles. The summed E-state index contributed by atoms with van der Waals surface area (Å²) in [4.78, 5) is 2.41. The SMILES string of the molecule is c1ccc(N(c2ccc3[se]c4c5ccccc5ccc4c3c2)c2ccc3c4cc5ccccc5cc4n(-c4ccccc4)c3c2)cc1. The van der Waals surface area contributed by atoms with Crippen LogP contribution in [0.15, 0.2) is 170 Å². The van der Waals surface area contributed by atoms with Gasteiger partial charge in [0.15, 0.2) is 0 Å². The molecule has 0 N–H and O–H groups in total. The Bertz CT molecular complexity index is 2790. The maximum atomic E-state index is 2.43. The molecule has 3 heteroatoms. The van der Waals surface area contributed by atoms with Crippen molar-refractivity contribution >= 4 is 94.2 Å². The monoisotopic (exact) mass is 664 g/mol. The summed E-state index contributed by atoms with van der Waals surface area (Å²) in [6.07, 6.45) is 0. The van der Waals surface area contributed by atoms with Gasteiger partial charge in [0, 0.05) is 0 Å². The summed E-state index contributed by atoms with van der Waals surface area (Å²) in [5, 5.41) is 10.5. The van der Waals surface area contributed by atoms with Crippen LogP contribution in [0.2, 0.25) is 0 Å². The molecule has 0 fully saturated rings. The Morgan fingerprint density at radius 3 is 1.85 bits per heavy atom. The predicted molar refractivity (Wildman–Crippen MR) is 202 cm³/mol. The molecule has 0 aliphatic heterocycles. The van der Waals surface area contributed by atoms with E-state index in [2.05, 4.69) is 179 Å². The second kappa shape index (κ2) is 10.5. The van der Waals surface area contributed by atoms with E-state index in [1.54, 1.807) is 0 Å². The van der Waals surface area contributed by atoms with Crippen molar-refractivity contribution < 1.29 is 0 Å². The molecule has 0 unspecified atom stereocenters. The molecule has 47 heavy (non-hydrogen) atoms. The Balaban J connectivity index is 1.23. The summed E-state index contributed by atoms with van der Waals surface area (Å²) < 4.78 is 5.37. The maximum absolute atomic E-state index is 2.43. The Kier molecular flexibility index (Phi) is 5.92. The molecule has 0 aliphatic rings. The van der Waals surface area contributed by atoms with Gasteiger partial charge in [-0.15, -0.1) is 0 Å². The molecule has 2 heterocycles. The van der Waals surface area contributed by atoms with E-state index in [0.29, 0.717) is 0 Å². The number of benzene rings is 8. The summed E-state index contributed by atoms with van der Waals surface area (Å²) in [5.41, 5.74) is 7.02. The molecular weight excluding hydrogens is 635 g/mol. The minimum atomic E-state index is 0.278. The van der Waals surface area contributed by atoms with E-state index < -0.39 is 0 Å². The van der Waals surface area contributed by atoms with Gasteiger partial charge in [-0.1, -0.05) is 30.3 Å². The normalized spacial score (nSPS) is 11.8. The topological polar surface area (TPSA) is 8.17 Å². The minimum absolute atomic E-state index is 0.278. The molecule has 0 saturated carbocycles. The Labute approximate surface area is 278 Å². The Morgan fingerprint density at radius 2 is 1.02 bits per heavy atom. The third-order valence-electron chi connectivity index (χ3n) is 9.51. The standard InChI is InChI=1S/C44H28N2Se/c1-3-14-32(15-4-1)45(34-21-24-43-40(27-34)38-22-19-29-11-9-10-18-36(29)44(38)47-43)35-20-23-37-39-25-30-12-7-8-13-31(30)26-41(39)46(42(37)28-35)33-16-5-2-6-17-33/h1-28H. The number of aromatic nitrogens is 1. The van der Waals surface area contributed by atoms with E-state index in [4.69, 9.17) is 0 Å². The first-order valence-electron chi connectivity index (χ1n) is 16.0. The van der Waals surface area contributed by atoms with Crippen LogP contribution in [0.5, 0.6) is 0 Å². The number of hydrogen-bond acceptors (Lipinski definition) is 1. The fourth-order valence-electron chi connectivity index (χ4n) is 7.34. The average molecular weight is 664 g/mol. The van der Waals surface area contributed by atoms with Crippen LogP contribution >= 0.6 is 0 Å². The third kappa shape index (κ3) is 4.18. The van der Waals surface area contributed by atoms with Crippen molar-refractivity contribution in [3.8, 4) is 5.69 Å². The van der Waals surface area contributed by atoms with Crippen molar-refractivity contribution in [2.75, 3.05) is 4.90 Å². The van der Waals surface area contributed by atoms with Gasteiger partial charge < -0.3 is 0 Å². The van der Waals surface area contributed by atoms with Gasteiger partial charge in [-0.25, -0.2) is 0 Å². The van der Waals surface area contributed by atoms with E-state index in [9.17, 15) is 0 Å². The zero-order valence-electron chi connectivity index (χ0n) is 25.5. The van der Waals surface area contributed by atoms with Crippen molar-refractivity contribution in [3.05, 3.63) is 170 Å². The molecule has 0 spiro atoms. The first-order chi connectivity index (χ1) is 23.3. The van der Waals surface area contributed by atoms with Crippen LogP contribution in [0.3, 0.4) is 0 Å². The van der Waals surface area contributed by atoms with Crippen LogP contribution in [0, 0.1) is 0 Å². The fraction of sp³-hybridized carbons (Fsp3) is 0. The van der Waals surface area contributed by atoms with Gasteiger partial charge in [-0.05, 0) is 0 Å². The molecule has 0 aliphatic carbocycles. The van der Waals surface area contributed by atoms with Crippen molar-refractivity contribution in [2.24, 2.45) is 0 Å². The molecule has 220 valence electrons. The fourth-order valence-corrected chi connectivity index (χ4v) is 9.90. The van der Waals surface area contributed by atoms with Crippen molar-refractivity contribution in [3.63, 3.8) is 0 Å². The summed E-state index contributed by atoms with van der Waals surface area (Å²) in [5.74, 6) is 0. The van der Waals surface area contributed by atoms with Crippen LogP contribution in [0.1, 0.15) is 0 Å². The zero-order valence-corrected chi connectivity index (χ0v) is 27.2. The molecule has 10 aromatic rings. The van der Waals surface area contributed by atoms with Crippen LogP contribution in [0.25, 0.3) is 68.3 Å². The van der Waals surface area contributed by atoms with Gasteiger partial charge in [-0.3, -0.25) is 0 Å². The number of hydrogen-bond donors (Lipinski definition) is 0. The molecular formula is C44H28N2Se. The molecule has 0 bridgehead atoms. The summed E-state index contributed by atoms with van der Waals surface area (Å²) in [7, 11) is 0. The first kappa shape index (κ1) is 26.6. The summed E-state index contributed by atoms with van der Waals surface area (Å²) in [6.45, 7) is 0. The Morgan fingerprint density at radius 1 is 0.383 bits per heavy atom. The average Bonchev–Trinajstić information content (AvgIpc) is 3.66. The van der Waals surface area contributed by atoms with Gasteiger partial charge in [0.05, 0.1) is 0 Å². The van der Waals surface area contributed by atoms with Crippen LogP contribution in [-0.4, -0.2) is 19.1 Å². The summed E-state index contributed by atoms with van der Waals surface area (Å²) in [6, 6.07) is 62.4. The molecule has 0 radical (unpaired) electrons. The molecule has 10 rings (SSSR count). The van der Waals surface area contributed by atoms with Crippen molar-refractivity contribution in [1.29, 1.82) is 0 Å². The molecule has 0 atom stereocenters. The molecule has 8 aromatic carbocycles. The van der Waals surface area contributed by atoms with Crippen molar-refractivity contribution in [1.82, 2.24) is 4.57 Å². The number of fused-ring (bicyclic) bond motifs is 9. The van der Waals surface area contributed by atoms with Gasteiger partial charge in [0.25, 0.3) is 0 Å². The number of anilines is 3. The number of para-hydroxylation sites is 2. The van der Waals surface area contributed by atoms with Crippen LogP contribution in [0.4, 0.5) is 17.1 Å². The quantitative estimate of drug-likeness (QED) is 0.170. The zero-order chi connectivity index (χ0) is 30.9.